The fourth-order valence-electron chi connectivity index (χ4n) is 3.10. The molecule has 0 aliphatic heterocycles. The second kappa shape index (κ2) is 13.3. The van der Waals surface area contributed by atoms with Gasteiger partial charge in [0.15, 0.2) is 0 Å². The SMILES string of the molecule is CC[C@H](C)[C@@H](N)C(=O)N(C(=O)C[C@H](O)CC#N)[C@@H](Cc1ccccc1)C(=O)N[C@@H](C)C(=O)O. The van der Waals surface area contributed by atoms with Crippen molar-refractivity contribution in [3.8, 4) is 6.07 Å². The molecular weight excluding hydrogens is 428 g/mol. The fraction of sp³-hybridized carbons (Fsp3) is 0.522. The number of carboxylic acids is 1. The number of nitriles is 1. The minimum atomic E-state index is -1.40. The van der Waals surface area contributed by atoms with Gasteiger partial charge in [0.2, 0.25) is 17.7 Å². The van der Waals surface area contributed by atoms with Crippen molar-refractivity contribution in [3.63, 3.8) is 0 Å². The third-order valence-electron chi connectivity index (χ3n) is 5.40. The minimum absolute atomic E-state index is 0.0853. The van der Waals surface area contributed by atoms with Gasteiger partial charge in [-0.05, 0) is 18.4 Å². The number of carboxylic acid groups (broad SMARTS) is 1. The summed E-state index contributed by atoms with van der Waals surface area (Å²) in [6, 6.07) is 6.58. The Morgan fingerprint density at radius 1 is 1.18 bits per heavy atom. The smallest absolute Gasteiger partial charge is 0.325 e. The van der Waals surface area contributed by atoms with Crippen LogP contribution in [0.4, 0.5) is 0 Å². The monoisotopic (exact) mass is 460 g/mol. The van der Waals surface area contributed by atoms with Crippen LogP contribution in [0.1, 0.15) is 45.6 Å². The van der Waals surface area contributed by atoms with Crippen LogP contribution in [-0.4, -0.2) is 63.0 Å². The van der Waals surface area contributed by atoms with Crippen LogP contribution in [0.15, 0.2) is 30.3 Å². The standard InChI is InChI=1S/C23H32N4O6/c1-4-14(2)20(25)22(31)27(19(29)13-17(28)10-11-24)18(12-16-8-6-5-7-9-16)21(30)26-15(3)23(32)33/h5-9,14-15,17-18,20,28H,4,10,12-13,25H2,1-3H3,(H,26,30)(H,32,33)/t14-,15-,17+,18-,20+/m0/s1. The third-order valence-corrected chi connectivity index (χ3v) is 5.40. The highest BCUT2D eigenvalue weighted by Gasteiger charge is 2.39. The lowest BCUT2D eigenvalue weighted by Crippen LogP contribution is -2.60. The maximum Gasteiger partial charge on any atom is 0.325 e. The van der Waals surface area contributed by atoms with E-state index in [0.29, 0.717) is 16.9 Å². The predicted molar refractivity (Wildman–Crippen MR) is 119 cm³/mol. The van der Waals surface area contributed by atoms with Crippen LogP contribution >= 0.6 is 0 Å². The highest BCUT2D eigenvalue weighted by Crippen LogP contribution is 2.17. The van der Waals surface area contributed by atoms with Crippen LogP contribution in [0.2, 0.25) is 0 Å². The first kappa shape index (κ1) is 27.7. The zero-order valence-corrected chi connectivity index (χ0v) is 19.1. The highest BCUT2D eigenvalue weighted by molar-refractivity contribution is 6.03. The number of hydrogen-bond donors (Lipinski definition) is 4. The number of hydrogen-bond acceptors (Lipinski definition) is 7. The first-order chi connectivity index (χ1) is 15.5. The van der Waals surface area contributed by atoms with Crippen molar-refractivity contribution in [2.45, 2.75) is 70.7 Å². The maximum atomic E-state index is 13.3. The summed E-state index contributed by atoms with van der Waals surface area (Å²) >= 11 is 0. The molecule has 5 atom stereocenters. The normalized spacial score (nSPS) is 15.3. The summed E-state index contributed by atoms with van der Waals surface area (Å²) in [4.78, 5) is 51.5. The van der Waals surface area contributed by atoms with Gasteiger partial charge in [0.25, 0.3) is 0 Å². The maximum absolute atomic E-state index is 13.3. The molecule has 0 saturated heterocycles. The quantitative estimate of drug-likeness (QED) is 0.350. The molecule has 0 heterocycles. The molecule has 5 N–H and O–H groups in total. The Balaban J connectivity index is 3.45. The van der Waals surface area contributed by atoms with Crippen LogP contribution in [-0.2, 0) is 25.6 Å². The van der Waals surface area contributed by atoms with Crippen LogP contribution in [0.25, 0.3) is 0 Å². The molecule has 0 radical (unpaired) electrons. The number of imide groups is 1. The summed E-state index contributed by atoms with van der Waals surface area (Å²) in [5, 5.41) is 30.3. The Labute approximate surface area is 193 Å². The number of nitrogens with two attached hydrogens (primary N) is 1. The molecule has 0 saturated carbocycles. The van der Waals surface area contributed by atoms with Crippen LogP contribution in [0, 0.1) is 17.2 Å². The van der Waals surface area contributed by atoms with Crippen LogP contribution in [0.5, 0.6) is 0 Å². The second-order valence-corrected chi connectivity index (χ2v) is 8.01. The predicted octanol–water partition coefficient (Wildman–Crippen LogP) is 0.580. The van der Waals surface area contributed by atoms with Crippen molar-refractivity contribution >= 4 is 23.7 Å². The van der Waals surface area contributed by atoms with E-state index in [0.717, 1.165) is 0 Å². The summed E-state index contributed by atoms with van der Waals surface area (Å²) in [6.45, 7) is 4.81. The van der Waals surface area contributed by atoms with Crippen molar-refractivity contribution in [1.82, 2.24) is 10.2 Å². The van der Waals surface area contributed by atoms with Crippen molar-refractivity contribution < 1.29 is 29.4 Å². The topological polar surface area (TPSA) is 174 Å². The molecule has 1 aromatic carbocycles. The Hall–Kier alpha value is -3.29. The van der Waals surface area contributed by atoms with E-state index in [-0.39, 0.29) is 18.8 Å². The van der Waals surface area contributed by atoms with E-state index in [1.807, 2.05) is 6.92 Å². The minimum Gasteiger partial charge on any atom is -0.480 e. The Morgan fingerprint density at radius 2 is 1.79 bits per heavy atom. The molecule has 1 aromatic rings. The molecule has 3 amide bonds. The van der Waals surface area contributed by atoms with Gasteiger partial charge in [-0.1, -0.05) is 50.6 Å². The molecule has 10 heteroatoms. The first-order valence-corrected chi connectivity index (χ1v) is 10.8. The molecule has 0 fully saturated rings. The molecule has 0 unspecified atom stereocenters. The number of amides is 3. The molecule has 0 aliphatic rings. The van der Waals surface area contributed by atoms with E-state index in [2.05, 4.69) is 5.32 Å². The van der Waals surface area contributed by atoms with Gasteiger partial charge in [-0.2, -0.15) is 5.26 Å². The van der Waals surface area contributed by atoms with Crippen LogP contribution < -0.4 is 11.1 Å². The molecule has 10 nitrogen and oxygen atoms in total. The molecule has 0 aliphatic carbocycles. The van der Waals surface area contributed by atoms with Gasteiger partial charge < -0.3 is 21.3 Å². The van der Waals surface area contributed by atoms with E-state index in [9.17, 15) is 29.4 Å². The van der Waals surface area contributed by atoms with E-state index < -0.39 is 54.3 Å². The number of aliphatic hydroxyl groups excluding tert-OH is 1. The van der Waals surface area contributed by atoms with Crippen LogP contribution in [0.3, 0.4) is 0 Å². The van der Waals surface area contributed by atoms with Crippen molar-refractivity contribution in [2.24, 2.45) is 11.7 Å². The van der Waals surface area contributed by atoms with Gasteiger partial charge >= 0.3 is 5.97 Å². The summed E-state index contributed by atoms with van der Waals surface area (Å²) in [5.41, 5.74) is 6.72. The van der Waals surface area contributed by atoms with Gasteiger partial charge in [0.1, 0.15) is 12.1 Å². The number of aliphatic hydroxyl groups is 1. The molecule has 33 heavy (non-hydrogen) atoms. The number of carbonyl (C=O) groups excluding carboxylic acids is 3. The molecule has 0 bridgehead atoms. The molecule has 1 rings (SSSR count). The lowest BCUT2D eigenvalue weighted by Gasteiger charge is -2.33. The summed E-state index contributed by atoms with van der Waals surface area (Å²) < 4.78 is 0. The van der Waals surface area contributed by atoms with Crippen molar-refractivity contribution in [3.05, 3.63) is 35.9 Å². The Morgan fingerprint density at radius 3 is 2.30 bits per heavy atom. The lowest BCUT2D eigenvalue weighted by atomic mass is 9.96. The van der Waals surface area contributed by atoms with Gasteiger partial charge in [0, 0.05) is 6.42 Å². The first-order valence-electron chi connectivity index (χ1n) is 10.8. The van der Waals surface area contributed by atoms with Gasteiger partial charge in [0.05, 0.1) is 31.1 Å². The molecule has 0 aromatic heterocycles. The van der Waals surface area contributed by atoms with Crippen molar-refractivity contribution in [1.29, 1.82) is 5.26 Å². The Bertz CT molecular complexity index is 869. The van der Waals surface area contributed by atoms with E-state index in [1.165, 1.54) is 6.92 Å². The fourth-order valence-corrected chi connectivity index (χ4v) is 3.10. The zero-order valence-electron chi connectivity index (χ0n) is 19.1. The van der Waals surface area contributed by atoms with E-state index >= 15 is 0 Å². The lowest BCUT2D eigenvalue weighted by molar-refractivity contribution is -0.155. The van der Waals surface area contributed by atoms with Gasteiger partial charge in [-0.3, -0.25) is 24.1 Å². The number of rotatable bonds is 12. The number of aliphatic carboxylic acids is 1. The average molecular weight is 461 g/mol. The highest BCUT2D eigenvalue weighted by atomic mass is 16.4. The van der Waals surface area contributed by atoms with E-state index in [1.54, 1.807) is 43.3 Å². The summed E-state index contributed by atoms with van der Waals surface area (Å²) in [5.74, 6) is -4.12. The number of benzene rings is 1. The number of carbonyl (C=O) groups is 4. The largest absolute Gasteiger partial charge is 0.480 e. The Kier molecular flexibility index (Phi) is 11.2. The average Bonchev–Trinajstić information content (AvgIpc) is 2.77. The van der Waals surface area contributed by atoms with Gasteiger partial charge in [-0.25, -0.2) is 0 Å². The second-order valence-electron chi connectivity index (χ2n) is 8.01. The van der Waals surface area contributed by atoms with E-state index in [4.69, 9.17) is 11.0 Å². The van der Waals surface area contributed by atoms with Crippen molar-refractivity contribution in [2.75, 3.05) is 0 Å². The number of nitrogens with one attached hydrogen (secondary N) is 1. The molecule has 180 valence electrons. The van der Waals surface area contributed by atoms with Gasteiger partial charge in [-0.15, -0.1) is 0 Å². The summed E-state index contributed by atoms with van der Waals surface area (Å²) in [7, 11) is 0. The third kappa shape index (κ3) is 8.29. The number of nitrogens with zero attached hydrogens (tertiary/aromatic N) is 2. The zero-order chi connectivity index (χ0) is 25.1. The summed E-state index contributed by atoms with van der Waals surface area (Å²) in [6.07, 6.45) is -1.79. The molecular formula is C23H32N4O6. The molecule has 0 spiro atoms.